The molecule has 2 saturated heterocycles. The first kappa shape index (κ1) is 23.0. The van der Waals surface area contributed by atoms with Crippen LogP contribution in [0.25, 0.3) is 0 Å². The predicted molar refractivity (Wildman–Crippen MR) is 131 cm³/mol. The number of allylic oxidation sites excluding steroid dienone is 2. The van der Waals surface area contributed by atoms with Crippen molar-refractivity contribution in [2.24, 2.45) is 23.7 Å². The van der Waals surface area contributed by atoms with Crippen molar-refractivity contribution >= 4 is 35.1 Å². The minimum atomic E-state index is -0.569. The van der Waals surface area contributed by atoms with Gasteiger partial charge in [-0.2, -0.15) is 0 Å². The summed E-state index contributed by atoms with van der Waals surface area (Å²) in [6.07, 6.45) is 4.64. The van der Waals surface area contributed by atoms with E-state index in [2.05, 4.69) is 0 Å². The Morgan fingerprint density at radius 3 is 2.46 bits per heavy atom. The Kier molecular flexibility index (Phi) is 5.79. The molecular weight excluding hydrogens is 444 g/mol. The molecule has 5 rings (SSSR count). The zero-order chi connectivity index (χ0) is 24.9. The van der Waals surface area contributed by atoms with Crippen LogP contribution in [0.5, 0.6) is 5.75 Å². The average molecular weight is 473 g/mol. The van der Waals surface area contributed by atoms with Crippen LogP contribution in [0.15, 0.2) is 54.6 Å². The molecule has 0 spiro atoms. The second kappa shape index (κ2) is 8.80. The van der Waals surface area contributed by atoms with Gasteiger partial charge in [0.15, 0.2) is 0 Å². The van der Waals surface area contributed by atoms with E-state index in [1.165, 1.54) is 4.90 Å². The highest BCUT2D eigenvalue weighted by Crippen LogP contribution is 2.41. The summed E-state index contributed by atoms with van der Waals surface area (Å²) in [5, 5.41) is 0. The third-order valence-electron chi connectivity index (χ3n) is 7.36. The van der Waals surface area contributed by atoms with Crippen molar-refractivity contribution in [3.63, 3.8) is 0 Å². The Hall–Kier alpha value is -3.74. The number of hydrogen-bond acceptors (Lipinski definition) is 5. The van der Waals surface area contributed by atoms with Crippen LogP contribution in [0.2, 0.25) is 0 Å². The highest BCUT2D eigenvalue weighted by Gasteiger charge is 2.50. The van der Waals surface area contributed by atoms with Crippen molar-refractivity contribution in [2.75, 3.05) is 16.3 Å². The summed E-state index contributed by atoms with van der Waals surface area (Å²) < 4.78 is 5.61. The molecule has 0 unspecified atom stereocenters. The van der Waals surface area contributed by atoms with Gasteiger partial charge in [0.05, 0.1) is 23.4 Å². The van der Waals surface area contributed by atoms with E-state index >= 15 is 0 Å². The molecule has 3 amide bonds. The van der Waals surface area contributed by atoms with Gasteiger partial charge in [0.25, 0.3) is 0 Å². The molecule has 35 heavy (non-hydrogen) atoms. The largest absolute Gasteiger partial charge is 0.426 e. The normalized spacial score (nSPS) is 25.9. The number of rotatable bonds is 4. The van der Waals surface area contributed by atoms with E-state index in [0.717, 1.165) is 11.3 Å². The molecule has 2 fully saturated rings. The molecule has 0 aromatic heterocycles. The molecule has 0 saturated carbocycles. The molecule has 4 atom stereocenters. The standard InChI is InChI=1S/C28H28N2O5/c1-16-7-4-5-10-22(16)29-15-19(14-24(29)31)28(34)35-20-11-12-23(18(3)13-20)30-26(32)21-9-6-8-17(2)25(21)27(30)33/h4-8,10-13,17,19,21,25H,9,14-15H2,1-3H3/t17-,19+,21+,25-/m0/s1. The molecular formula is C28H28N2O5. The molecule has 3 aliphatic rings. The van der Waals surface area contributed by atoms with Crippen LogP contribution in [0, 0.1) is 37.5 Å². The highest BCUT2D eigenvalue weighted by molar-refractivity contribution is 6.22. The van der Waals surface area contributed by atoms with Gasteiger partial charge in [-0.15, -0.1) is 0 Å². The third-order valence-corrected chi connectivity index (χ3v) is 7.36. The Morgan fingerprint density at radius 2 is 1.74 bits per heavy atom. The number of hydrogen-bond donors (Lipinski definition) is 0. The zero-order valence-electron chi connectivity index (χ0n) is 20.1. The molecule has 2 aliphatic heterocycles. The fourth-order valence-electron chi connectivity index (χ4n) is 5.49. The molecule has 0 radical (unpaired) electrons. The first-order valence-corrected chi connectivity index (χ1v) is 12.0. The van der Waals surface area contributed by atoms with Gasteiger partial charge < -0.3 is 9.64 Å². The number of amides is 3. The monoisotopic (exact) mass is 472 g/mol. The number of para-hydroxylation sites is 1. The van der Waals surface area contributed by atoms with E-state index in [0.29, 0.717) is 23.4 Å². The van der Waals surface area contributed by atoms with Crippen LogP contribution in [-0.4, -0.2) is 30.2 Å². The Bertz CT molecular complexity index is 1270. The molecule has 180 valence electrons. The summed E-state index contributed by atoms with van der Waals surface area (Å²) in [5.41, 5.74) is 2.96. The number of carbonyl (C=O) groups excluding carboxylic acids is 4. The number of anilines is 2. The van der Waals surface area contributed by atoms with Gasteiger partial charge in [-0.1, -0.05) is 37.3 Å². The lowest BCUT2D eigenvalue weighted by Gasteiger charge is -2.22. The number of ether oxygens (including phenoxy) is 1. The average Bonchev–Trinajstić information content (AvgIpc) is 3.33. The van der Waals surface area contributed by atoms with Gasteiger partial charge >= 0.3 is 5.97 Å². The summed E-state index contributed by atoms with van der Waals surface area (Å²) in [5.74, 6) is -1.81. The second-order valence-electron chi connectivity index (χ2n) is 9.73. The predicted octanol–water partition coefficient (Wildman–Crippen LogP) is 3.96. The van der Waals surface area contributed by atoms with Crippen molar-refractivity contribution in [3.8, 4) is 5.75 Å². The van der Waals surface area contributed by atoms with Crippen molar-refractivity contribution in [3.05, 3.63) is 65.7 Å². The van der Waals surface area contributed by atoms with Gasteiger partial charge in [-0.25, -0.2) is 4.90 Å². The third kappa shape index (κ3) is 3.95. The number of carbonyl (C=O) groups is 4. The lowest BCUT2D eigenvalue weighted by atomic mass is 9.78. The summed E-state index contributed by atoms with van der Waals surface area (Å²) in [6, 6.07) is 12.5. The fraction of sp³-hybridized carbons (Fsp3) is 0.357. The Balaban J connectivity index is 1.30. The van der Waals surface area contributed by atoms with Crippen LogP contribution < -0.4 is 14.5 Å². The van der Waals surface area contributed by atoms with Gasteiger partial charge in [0, 0.05) is 18.7 Å². The van der Waals surface area contributed by atoms with Crippen molar-refractivity contribution < 1.29 is 23.9 Å². The molecule has 0 bridgehead atoms. The molecule has 7 heteroatoms. The number of aryl methyl sites for hydroxylation is 2. The van der Waals surface area contributed by atoms with E-state index < -0.39 is 11.9 Å². The maximum atomic E-state index is 13.1. The molecule has 0 N–H and O–H groups in total. The molecule has 2 heterocycles. The summed E-state index contributed by atoms with van der Waals surface area (Å²) in [4.78, 5) is 54.5. The maximum Gasteiger partial charge on any atom is 0.316 e. The minimum Gasteiger partial charge on any atom is -0.426 e. The van der Waals surface area contributed by atoms with Crippen molar-refractivity contribution in [1.82, 2.24) is 0 Å². The lowest BCUT2D eigenvalue weighted by Crippen LogP contribution is -2.32. The van der Waals surface area contributed by atoms with E-state index in [1.807, 2.05) is 50.3 Å². The van der Waals surface area contributed by atoms with Crippen LogP contribution >= 0.6 is 0 Å². The van der Waals surface area contributed by atoms with Crippen LogP contribution in [0.4, 0.5) is 11.4 Å². The Labute approximate surface area is 204 Å². The van der Waals surface area contributed by atoms with E-state index in [-0.39, 0.29) is 48.4 Å². The number of imide groups is 1. The zero-order valence-corrected chi connectivity index (χ0v) is 20.1. The van der Waals surface area contributed by atoms with E-state index in [4.69, 9.17) is 4.74 Å². The Morgan fingerprint density at radius 1 is 0.971 bits per heavy atom. The highest BCUT2D eigenvalue weighted by atomic mass is 16.5. The summed E-state index contributed by atoms with van der Waals surface area (Å²) in [6.45, 7) is 5.95. The SMILES string of the molecule is Cc1ccccc1N1C[C@H](C(=O)Oc2ccc(N3C(=O)[C@H]4[C@@H](C)C=CC[C@H]4C3=O)c(C)c2)CC1=O. The number of esters is 1. The summed E-state index contributed by atoms with van der Waals surface area (Å²) in [7, 11) is 0. The van der Waals surface area contributed by atoms with Crippen LogP contribution in [0.1, 0.15) is 30.9 Å². The maximum absolute atomic E-state index is 13.1. The second-order valence-corrected chi connectivity index (χ2v) is 9.73. The first-order valence-electron chi connectivity index (χ1n) is 12.0. The van der Waals surface area contributed by atoms with Gasteiger partial charge in [-0.05, 0) is 61.6 Å². The van der Waals surface area contributed by atoms with Crippen LogP contribution in [0.3, 0.4) is 0 Å². The fourth-order valence-corrected chi connectivity index (χ4v) is 5.49. The van der Waals surface area contributed by atoms with Crippen molar-refractivity contribution in [2.45, 2.75) is 33.6 Å². The van der Waals surface area contributed by atoms with E-state index in [9.17, 15) is 19.2 Å². The topological polar surface area (TPSA) is 84.0 Å². The van der Waals surface area contributed by atoms with Gasteiger partial charge in [0.1, 0.15) is 5.75 Å². The molecule has 1 aliphatic carbocycles. The molecule has 2 aromatic carbocycles. The molecule has 2 aromatic rings. The van der Waals surface area contributed by atoms with E-state index in [1.54, 1.807) is 30.0 Å². The van der Waals surface area contributed by atoms with Gasteiger partial charge in [0.2, 0.25) is 17.7 Å². The number of nitrogens with zero attached hydrogens (tertiary/aromatic N) is 2. The van der Waals surface area contributed by atoms with Gasteiger partial charge in [-0.3, -0.25) is 19.2 Å². The minimum absolute atomic E-state index is 0.0177. The summed E-state index contributed by atoms with van der Waals surface area (Å²) >= 11 is 0. The number of benzene rings is 2. The lowest BCUT2D eigenvalue weighted by molar-refractivity contribution is -0.139. The van der Waals surface area contributed by atoms with Crippen molar-refractivity contribution in [1.29, 1.82) is 0 Å². The smallest absolute Gasteiger partial charge is 0.316 e. The first-order chi connectivity index (χ1) is 16.8. The number of fused-ring (bicyclic) bond motifs is 1. The quantitative estimate of drug-likeness (QED) is 0.291. The van der Waals surface area contributed by atoms with Crippen LogP contribution in [-0.2, 0) is 19.2 Å². The molecule has 7 nitrogen and oxygen atoms in total.